The minimum Gasteiger partial charge on any atom is -0.495 e. The second kappa shape index (κ2) is 6.49. The first-order chi connectivity index (χ1) is 11.0. The van der Waals surface area contributed by atoms with Crippen molar-refractivity contribution < 1.29 is 17.9 Å². The Morgan fingerprint density at radius 2 is 1.91 bits per heavy atom. The maximum Gasteiger partial charge on any atom is 0.246 e. The van der Waals surface area contributed by atoms with E-state index < -0.39 is 10.0 Å². The van der Waals surface area contributed by atoms with Crippen molar-refractivity contribution in [3.05, 3.63) is 18.2 Å². The van der Waals surface area contributed by atoms with E-state index in [2.05, 4.69) is 5.32 Å². The molecule has 1 aliphatic heterocycles. The van der Waals surface area contributed by atoms with Crippen LogP contribution in [-0.4, -0.2) is 38.8 Å². The van der Waals surface area contributed by atoms with Crippen molar-refractivity contribution in [2.75, 3.05) is 25.5 Å². The number of benzene rings is 1. The van der Waals surface area contributed by atoms with Gasteiger partial charge in [-0.05, 0) is 43.9 Å². The van der Waals surface area contributed by atoms with Gasteiger partial charge in [0, 0.05) is 24.7 Å². The van der Waals surface area contributed by atoms with Crippen LogP contribution in [0.15, 0.2) is 23.1 Å². The van der Waals surface area contributed by atoms with Gasteiger partial charge in [-0.1, -0.05) is 6.42 Å². The number of ether oxygens (including phenoxy) is 1. The van der Waals surface area contributed by atoms with E-state index >= 15 is 0 Å². The molecule has 1 saturated heterocycles. The van der Waals surface area contributed by atoms with Crippen molar-refractivity contribution in [3.63, 3.8) is 0 Å². The lowest BCUT2D eigenvalue weighted by molar-refractivity contribution is -0.117. The molecule has 1 N–H and O–H groups in total. The SMILES string of the molecule is COc1ccc(NC(=O)C2CC2)cc1S(=O)(=O)N1CCCCC1. The number of carbonyl (C=O) groups excluding carboxylic acids is 1. The number of amides is 1. The predicted octanol–water partition coefficient (Wildman–Crippen LogP) is 2.22. The van der Waals surface area contributed by atoms with Crippen molar-refractivity contribution >= 4 is 21.6 Å². The maximum absolute atomic E-state index is 12.9. The number of piperidine rings is 1. The zero-order valence-corrected chi connectivity index (χ0v) is 14.1. The third kappa shape index (κ3) is 3.50. The van der Waals surface area contributed by atoms with Gasteiger partial charge in [0.2, 0.25) is 15.9 Å². The van der Waals surface area contributed by atoms with Crippen LogP contribution < -0.4 is 10.1 Å². The zero-order chi connectivity index (χ0) is 16.4. The number of methoxy groups -OCH3 is 1. The Kier molecular flexibility index (Phi) is 4.59. The molecule has 0 aromatic heterocycles. The van der Waals surface area contributed by atoms with Gasteiger partial charge in [-0.15, -0.1) is 0 Å². The van der Waals surface area contributed by atoms with Crippen LogP contribution in [-0.2, 0) is 14.8 Å². The summed E-state index contributed by atoms with van der Waals surface area (Å²) >= 11 is 0. The summed E-state index contributed by atoms with van der Waals surface area (Å²) in [4.78, 5) is 12.0. The molecule has 0 atom stereocenters. The molecule has 6 nitrogen and oxygen atoms in total. The molecule has 7 heteroatoms. The second-order valence-electron chi connectivity index (χ2n) is 6.09. The van der Waals surface area contributed by atoms with Crippen LogP contribution in [0, 0.1) is 5.92 Å². The molecule has 1 heterocycles. The molecule has 3 rings (SSSR count). The lowest BCUT2D eigenvalue weighted by atomic mass is 10.2. The molecule has 0 radical (unpaired) electrons. The average molecular weight is 338 g/mol. The molecule has 0 unspecified atom stereocenters. The van der Waals surface area contributed by atoms with E-state index in [-0.39, 0.29) is 16.7 Å². The first kappa shape index (κ1) is 16.3. The highest BCUT2D eigenvalue weighted by atomic mass is 32.2. The number of rotatable bonds is 5. The highest BCUT2D eigenvalue weighted by molar-refractivity contribution is 7.89. The molecule has 0 spiro atoms. The third-order valence-corrected chi connectivity index (χ3v) is 6.23. The molecule has 1 aromatic rings. The number of hydrogen-bond donors (Lipinski definition) is 1. The van der Waals surface area contributed by atoms with E-state index in [1.165, 1.54) is 17.5 Å². The summed E-state index contributed by atoms with van der Waals surface area (Å²) < 4.78 is 32.5. The Morgan fingerprint density at radius 3 is 2.52 bits per heavy atom. The number of nitrogens with zero attached hydrogens (tertiary/aromatic N) is 1. The number of sulfonamides is 1. The van der Waals surface area contributed by atoms with Crippen molar-refractivity contribution in [3.8, 4) is 5.75 Å². The molecule has 1 aliphatic carbocycles. The fraction of sp³-hybridized carbons (Fsp3) is 0.562. The van der Waals surface area contributed by atoms with Gasteiger partial charge in [0.25, 0.3) is 0 Å². The van der Waals surface area contributed by atoms with Crippen LogP contribution in [0.5, 0.6) is 5.75 Å². The van der Waals surface area contributed by atoms with Gasteiger partial charge >= 0.3 is 0 Å². The van der Waals surface area contributed by atoms with Crippen LogP contribution in [0.3, 0.4) is 0 Å². The Labute approximate surface area is 136 Å². The Bertz CT molecular complexity index is 692. The summed E-state index contributed by atoms with van der Waals surface area (Å²) in [6, 6.07) is 4.77. The number of carbonyl (C=O) groups is 1. The maximum atomic E-state index is 12.9. The summed E-state index contributed by atoms with van der Waals surface area (Å²) in [6.07, 6.45) is 4.61. The fourth-order valence-corrected chi connectivity index (χ4v) is 4.49. The average Bonchev–Trinajstić information content (AvgIpc) is 3.40. The standard InChI is InChI=1S/C16H22N2O4S/c1-22-14-8-7-13(17-16(19)12-5-6-12)11-15(14)23(20,21)18-9-3-2-4-10-18/h7-8,11-12H,2-6,9-10H2,1H3,(H,17,19). The van der Waals surface area contributed by atoms with Gasteiger partial charge in [0.05, 0.1) is 7.11 Å². The third-order valence-electron chi connectivity index (χ3n) is 4.31. The van der Waals surface area contributed by atoms with Crippen molar-refractivity contribution in [1.29, 1.82) is 0 Å². The summed E-state index contributed by atoms with van der Waals surface area (Å²) in [5.74, 6) is 0.329. The molecule has 1 aromatic carbocycles. The van der Waals surface area contributed by atoms with Crippen LogP contribution in [0.2, 0.25) is 0 Å². The van der Waals surface area contributed by atoms with Crippen molar-refractivity contribution in [2.24, 2.45) is 5.92 Å². The predicted molar refractivity (Wildman–Crippen MR) is 87.0 cm³/mol. The first-order valence-corrected chi connectivity index (χ1v) is 9.45. The van der Waals surface area contributed by atoms with E-state index in [0.29, 0.717) is 24.5 Å². The molecule has 1 amide bonds. The van der Waals surface area contributed by atoms with Gasteiger partial charge in [-0.2, -0.15) is 4.31 Å². The minimum absolute atomic E-state index is 0.0449. The second-order valence-corrected chi connectivity index (χ2v) is 8.00. The monoisotopic (exact) mass is 338 g/mol. The Morgan fingerprint density at radius 1 is 1.22 bits per heavy atom. The minimum atomic E-state index is -3.61. The normalized spacial score (nSPS) is 19.3. The zero-order valence-electron chi connectivity index (χ0n) is 13.2. The van der Waals surface area contributed by atoms with E-state index in [1.807, 2.05) is 0 Å². The van der Waals surface area contributed by atoms with Crippen LogP contribution in [0.25, 0.3) is 0 Å². The number of anilines is 1. The molecule has 23 heavy (non-hydrogen) atoms. The highest BCUT2D eigenvalue weighted by Crippen LogP contribution is 2.33. The molecule has 126 valence electrons. The molecule has 0 bridgehead atoms. The van der Waals surface area contributed by atoms with Crippen molar-refractivity contribution in [1.82, 2.24) is 4.31 Å². The summed E-state index contributed by atoms with van der Waals surface area (Å²) in [6.45, 7) is 1.06. The molecule has 2 aliphatic rings. The van der Waals surface area contributed by atoms with Gasteiger partial charge in [-0.25, -0.2) is 8.42 Å². The molecule has 1 saturated carbocycles. The lowest BCUT2D eigenvalue weighted by Gasteiger charge is -2.26. The lowest BCUT2D eigenvalue weighted by Crippen LogP contribution is -2.35. The van der Waals surface area contributed by atoms with Gasteiger partial charge in [0.15, 0.2) is 0 Å². The van der Waals surface area contributed by atoms with Crippen molar-refractivity contribution in [2.45, 2.75) is 37.0 Å². The van der Waals surface area contributed by atoms with Crippen LogP contribution in [0.4, 0.5) is 5.69 Å². The Hall–Kier alpha value is -1.60. The topological polar surface area (TPSA) is 75.7 Å². The summed E-state index contributed by atoms with van der Waals surface area (Å²) in [5.41, 5.74) is 0.498. The molecule has 2 fully saturated rings. The molecular formula is C16H22N2O4S. The molecular weight excluding hydrogens is 316 g/mol. The van der Waals surface area contributed by atoms with E-state index in [4.69, 9.17) is 4.74 Å². The van der Waals surface area contributed by atoms with Crippen LogP contribution >= 0.6 is 0 Å². The van der Waals surface area contributed by atoms with Crippen LogP contribution in [0.1, 0.15) is 32.1 Å². The smallest absolute Gasteiger partial charge is 0.246 e. The number of hydrogen-bond acceptors (Lipinski definition) is 4. The van der Waals surface area contributed by atoms with E-state index in [9.17, 15) is 13.2 Å². The van der Waals surface area contributed by atoms with Gasteiger partial charge in [0.1, 0.15) is 10.6 Å². The summed E-state index contributed by atoms with van der Waals surface area (Å²) in [5, 5.41) is 2.79. The Balaban J connectivity index is 1.90. The largest absolute Gasteiger partial charge is 0.495 e. The summed E-state index contributed by atoms with van der Waals surface area (Å²) in [7, 11) is -2.16. The number of nitrogens with one attached hydrogen (secondary N) is 1. The quantitative estimate of drug-likeness (QED) is 0.893. The van der Waals surface area contributed by atoms with E-state index in [0.717, 1.165) is 32.1 Å². The van der Waals surface area contributed by atoms with Gasteiger partial charge < -0.3 is 10.1 Å². The fourth-order valence-electron chi connectivity index (χ4n) is 2.79. The van der Waals surface area contributed by atoms with Gasteiger partial charge in [-0.3, -0.25) is 4.79 Å². The first-order valence-electron chi connectivity index (χ1n) is 8.01. The highest BCUT2D eigenvalue weighted by Gasteiger charge is 2.31. The van der Waals surface area contributed by atoms with E-state index in [1.54, 1.807) is 12.1 Å².